The van der Waals surface area contributed by atoms with E-state index in [1.807, 2.05) is 87.2 Å². The van der Waals surface area contributed by atoms with Gasteiger partial charge in [0.05, 0.1) is 60.6 Å². The first-order chi connectivity index (χ1) is 36.6. The molecule has 1 saturated heterocycles. The van der Waals surface area contributed by atoms with Gasteiger partial charge in [-0.3, -0.25) is 4.79 Å². The molecule has 0 radical (unpaired) electrons. The summed E-state index contributed by atoms with van der Waals surface area (Å²) in [6.07, 6.45) is 9.22. The maximum absolute atomic E-state index is 15.0. The molecule has 4 aromatic carbocycles. The Bertz CT molecular complexity index is 3370. The molecule has 1 aliphatic heterocycles. The number of rotatable bonds is 20. The van der Waals surface area contributed by atoms with Crippen LogP contribution in [0, 0.1) is 12.7 Å². The Balaban J connectivity index is 0.000000208. The molecule has 1 amide bonds. The number of anilines is 4. The van der Waals surface area contributed by atoms with E-state index in [-0.39, 0.29) is 35.2 Å². The number of likely N-dealkylation sites (N-methyl/N-ethyl adjacent to an activating group) is 2. The third-order valence-corrected chi connectivity index (χ3v) is 12.8. The van der Waals surface area contributed by atoms with Gasteiger partial charge >= 0.3 is 5.97 Å². The van der Waals surface area contributed by atoms with Gasteiger partial charge in [0.2, 0.25) is 17.7 Å². The summed E-state index contributed by atoms with van der Waals surface area (Å²) in [5, 5.41) is 8.16. The molecule has 0 aliphatic carbocycles. The number of likely N-dealkylation sites (tertiary alicyclic amines) is 1. The number of esters is 1. The average molecular weight is 1040 g/mol. The molecule has 1 aliphatic rings. The van der Waals surface area contributed by atoms with Crippen molar-refractivity contribution >= 4 is 67.6 Å². The predicted octanol–water partition coefficient (Wildman–Crippen LogP) is 10.3. The zero-order valence-electron chi connectivity index (χ0n) is 44.6. The van der Waals surface area contributed by atoms with Gasteiger partial charge in [-0.1, -0.05) is 24.8 Å². The van der Waals surface area contributed by atoms with Crippen molar-refractivity contribution in [2.45, 2.75) is 46.1 Å². The first-order valence-corrected chi connectivity index (χ1v) is 25.2. The Morgan fingerprint density at radius 1 is 0.895 bits per heavy atom. The van der Waals surface area contributed by atoms with E-state index in [1.165, 1.54) is 44.5 Å². The van der Waals surface area contributed by atoms with Crippen molar-refractivity contribution in [2.75, 3.05) is 90.2 Å². The smallest absolute Gasteiger partial charge is 0.342 e. The molecule has 18 nitrogen and oxygen atoms in total. The SMILES string of the molecule is C=CC(=O)Nc1cc(Nc2ncc(C(=O)OC(C)C)c(-c3cn(C)c4ccccc34)n2)c(OC)cc1N(C)CCN(C)C.COc1cc2c(Oc3ccc4[nH]c(C)cc4c3F)ncnc2cc1OCCCN1CCCC1. The zero-order valence-corrected chi connectivity index (χ0v) is 44.6. The predicted molar refractivity (Wildman–Crippen MR) is 296 cm³/mol. The van der Waals surface area contributed by atoms with Crippen LogP contribution in [0.5, 0.6) is 28.9 Å². The normalized spacial score (nSPS) is 12.5. The quantitative estimate of drug-likeness (QED) is 0.0372. The van der Waals surface area contributed by atoms with Crippen molar-refractivity contribution in [2.24, 2.45) is 7.05 Å². The summed E-state index contributed by atoms with van der Waals surface area (Å²) < 4.78 is 45.7. The number of nitrogens with one attached hydrogen (secondary N) is 3. The van der Waals surface area contributed by atoms with E-state index >= 15 is 4.39 Å². The number of fused-ring (bicyclic) bond motifs is 3. The number of aromatic nitrogens is 6. The lowest BCUT2D eigenvalue weighted by Gasteiger charge is -2.26. The second-order valence-electron chi connectivity index (χ2n) is 19.0. The van der Waals surface area contributed by atoms with Gasteiger partial charge in [0.15, 0.2) is 23.1 Å². The molecule has 76 heavy (non-hydrogen) atoms. The number of ether oxygens (including phenoxy) is 5. The largest absolute Gasteiger partial charge is 0.494 e. The Hall–Kier alpha value is -8.29. The molecule has 5 heterocycles. The van der Waals surface area contributed by atoms with Gasteiger partial charge in [-0.2, -0.15) is 0 Å². The van der Waals surface area contributed by atoms with Crippen molar-refractivity contribution in [3.05, 3.63) is 115 Å². The highest BCUT2D eigenvalue weighted by Gasteiger charge is 2.24. The lowest BCUT2D eigenvalue weighted by Crippen LogP contribution is -2.29. The van der Waals surface area contributed by atoms with Crippen molar-refractivity contribution in [1.29, 1.82) is 0 Å². The number of aromatic amines is 1. The highest BCUT2D eigenvalue weighted by atomic mass is 19.1. The third-order valence-electron chi connectivity index (χ3n) is 12.8. The summed E-state index contributed by atoms with van der Waals surface area (Å²) >= 11 is 0. The van der Waals surface area contributed by atoms with Crippen LogP contribution in [0.3, 0.4) is 0 Å². The number of carbonyl (C=O) groups is 2. The number of amides is 1. The molecule has 0 unspecified atom stereocenters. The first-order valence-electron chi connectivity index (χ1n) is 25.2. The van der Waals surface area contributed by atoms with Crippen molar-refractivity contribution < 1.29 is 37.7 Å². The van der Waals surface area contributed by atoms with Crippen LogP contribution < -0.4 is 34.5 Å². The van der Waals surface area contributed by atoms with Crippen LogP contribution in [-0.4, -0.2) is 132 Å². The molecular formula is C57H66FN11O7. The molecule has 19 heteroatoms. The minimum absolute atomic E-state index is 0.0997. The van der Waals surface area contributed by atoms with Gasteiger partial charge in [0, 0.05) is 91.3 Å². The maximum Gasteiger partial charge on any atom is 0.342 e. The minimum atomic E-state index is -0.512. The van der Waals surface area contributed by atoms with Crippen molar-refractivity contribution in [1.82, 2.24) is 39.3 Å². The maximum atomic E-state index is 15.0. The molecular weight excluding hydrogens is 970 g/mol. The number of halogens is 1. The van der Waals surface area contributed by atoms with Crippen LogP contribution in [-0.2, 0) is 16.6 Å². The fourth-order valence-electron chi connectivity index (χ4n) is 8.97. The molecule has 0 spiro atoms. The van der Waals surface area contributed by atoms with E-state index in [0.717, 1.165) is 52.9 Å². The number of benzene rings is 4. The van der Waals surface area contributed by atoms with E-state index in [4.69, 9.17) is 28.7 Å². The monoisotopic (exact) mass is 1040 g/mol. The third kappa shape index (κ3) is 12.6. The standard InChI is InChI=1S/C32H39N7O4.C25H27FN4O3/c1-9-29(40)34-24-16-25(28(42-8)17-27(24)38(6)15-14-37(4)5)35-32-33-18-22(31(41)43-20(2)3)30(36-32)23-19-39(7)26-13-11-10-12-21(23)26;1-16-12-17-19(29-16)6-7-21(24(17)26)33-25-18-13-22(31-2)23(14-20(18)27-15-28-25)32-11-5-10-30-8-3-4-9-30/h9-13,16-20H,1,14-15H2,2-8H3,(H,34,40)(H,33,35,36);6-7,12-15,29H,3-5,8-11H2,1-2H3. The van der Waals surface area contributed by atoms with Crippen LogP contribution in [0.2, 0.25) is 0 Å². The van der Waals surface area contributed by atoms with E-state index in [2.05, 4.69) is 46.9 Å². The van der Waals surface area contributed by atoms with Crippen LogP contribution in [0.25, 0.3) is 44.0 Å². The molecule has 8 aromatic rings. The highest BCUT2D eigenvalue weighted by Crippen LogP contribution is 2.40. The van der Waals surface area contributed by atoms with Gasteiger partial charge in [0.1, 0.15) is 17.6 Å². The molecule has 9 rings (SSSR count). The first kappa shape index (κ1) is 54.0. The van der Waals surface area contributed by atoms with Crippen molar-refractivity contribution in [3.63, 3.8) is 0 Å². The average Bonchev–Trinajstić information content (AvgIpc) is 4.17. The summed E-state index contributed by atoms with van der Waals surface area (Å²) in [6, 6.07) is 20.2. The molecule has 398 valence electrons. The van der Waals surface area contributed by atoms with Crippen LogP contribution in [0.1, 0.15) is 49.2 Å². The number of hydrogen-bond acceptors (Lipinski definition) is 15. The Kier molecular flexibility index (Phi) is 17.3. The van der Waals surface area contributed by atoms with Crippen molar-refractivity contribution in [3.8, 4) is 40.1 Å². The van der Waals surface area contributed by atoms with Gasteiger partial charge < -0.3 is 58.6 Å². The van der Waals surface area contributed by atoms with E-state index in [1.54, 1.807) is 58.4 Å². The lowest BCUT2D eigenvalue weighted by atomic mass is 10.1. The Morgan fingerprint density at radius 2 is 1.67 bits per heavy atom. The summed E-state index contributed by atoms with van der Waals surface area (Å²) in [7, 11) is 11.1. The zero-order chi connectivity index (χ0) is 54.0. The second-order valence-corrected chi connectivity index (χ2v) is 19.0. The highest BCUT2D eigenvalue weighted by molar-refractivity contribution is 6.04. The molecule has 3 N–H and O–H groups in total. The topological polar surface area (TPSA) is 186 Å². The van der Waals surface area contributed by atoms with E-state index < -0.39 is 11.8 Å². The number of para-hydroxylation sites is 1. The number of nitrogens with zero attached hydrogens (tertiary/aromatic N) is 8. The molecule has 0 saturated carbocycles. The molecule has 0 atom stereocenters. The van der Waals surface area contributed by atoms with E-state index in [9.17, 15) is 9.59 Å². The van der Waals surface area contributed by atoms with Gasteiger partial charge in [-0.25, -0.2) is 29.1 Å². The van der Waals surface area contributed by atoms with Gasteiger partial charge in [-0.05, 0) is 110 Å². The number of hydrogen-bond donors (Lipinski definition) is 3. The van der Waals surface area contributed by atoms with Gasteiger partial charge in [-0.15, -0.1) is 0 Å². The second kappa shape index (κ2) is 24.4. The number of carbonyl (C=O) groups excluding carboxylic acids is 2. The Morgan fingerprint density at radius 3 is 2.41 bits per heavy atom. The molecule has 0 bridgehead atoms. The Labute approximate surface area is 441 Å². The van der Waals surface area contributed by atoms with Gasteiger partial charge in [0.25, 0.3) is 0 Å². The lowest BCUT2D eigenvalue weighted by molar-refractivity contribution is -0.111. The number of H-pyrrole nitrogens is 1. The number of methoxy groups -OCH3 is 2. The van der Waals surface area contributed by atoms with Crippen LogP contribution in [0.4, 0.5) is 27.4 Å². The summed E-state index contributed by atoms with van der Waals surface area (Å²) in [4.78, 5) is 53.1. The fourth-order valence-corrected chi connectivity index (χ4v) is 8.97. The fraction of sp³-hybridized carbons (Fsp3) is 0.333. The summed E-state index contributed by atoms with van der Waals surface area (Å²) in [5.74, 6) is 0.981. The number of aryl methyl sites for hydroxylation is 2. The molecule has 4 aromatic heterocycles. The van der Waals surface area contributed by atoms with E-state index in [0.29, 0.717) is 63.8 Å². The summed E-state index contributed by atoms with van der Waals surface area (Å²) in [6.45, 7) is 14.6. The summed E-state index contributed by atoms with van der Waals surface area (Å²) in [5.41, 5.74) is 6.52. The van der Waals surface area contributed by atoms with Crippen LogP contribution in [0.15, 0.2) is 98.1 Å². The molecule has 1 fully saturated rings. The van der Waals surface area contributed by atoms with Crippen LogP contribution >= 0.6 is 0 Å². The minimum Gasteiger partial charge on any atom is -0.494 e.